The van der Waals surface area contributed by atoms with Crippen molar-refractivity contribution in [3.63, 3.8) is 0 Å². The molecule has 0 fully saturated rings. The van der Waals surface area contributed by atoms with Gasteiger partial charge in [0.2, 0.25) is 11.8 Å². The number of nitrogens with zero attached hydrogens (tertiary/aromatic N) is 2. The quantitative estimate of drug-likeness (QED) is 0.869. The van der Waals surface area contributed by atoms with Crippen LogP contribution < -0.4 is 10.2 Å². The van der Waals surface area contributed by atoms with Gasteiger partial charge in [0, 0.05) is 37.2 Å². The summed E-state index contributed by atoms with van der Waals surface area (Å²) in [6.45, 7) is 4.59. The molecule has 0 radical (unpaired) electrons. The van der Waals surface area contributed by atoms with Gasteiger partial charge in [0.05, 0.1) is 0 Å². The second-order valence-electron chi connectivity index (χ2n) is 7.03. The topological polar surface area (TPSA) is 52.7 Å². The highest BCUT2D eigenvalue weighted by Gasteiger charge is 2.28. The second kappa shape index (κ2) is 8.29. The summed E-state index contributed by atoms with van der Waals surface area (Å²) >= 11 is 0. The van der Waals surface area contributed by atoms with Crippen LogP contribution in [0.15, 0.2) is 24.3 Å². The van der Waals surface area contributed by atoms with Crippen LogP contribution >= 0.6 is 0 Å². The van der Waals surface area contributed by atoms with E-state index in [4.69, 9.17) is 0 Å². The lowest BCUT2D eigenvalue weighted by molar-refractivity contribution is -0.122. The summed E-state index contributed by atoms with van der Waals surface area (Å²) in [5.41, 5.74) is 2.24. The van der Waals surface area contributed by atoms with Crippen LogP contribution in [0.5, 0.6) is 0 Å². The lowest BCUT2D eigenvalue weighted by Gasteiger charge is -2.37. The molecule has 0 saturated heterocycles. The molecule has 24 heavy (non-hydrogen) atoms. The summed E-state index contributed by atoms with van der Waals surface area (Å²) in [5, 5.41) is 2.86. The standard InChI is InChI=1S/C19H29N3O2/c1-14(2)20-18(23)10-7-11-19(24)22-13-16(21(3)4)12-15-8-5-6-9-17(15)22/h5-6,8-9,14,16H,7,10-13H2,1-4H3,(H,20,23)/t16-/m0/s1. The SMILES string of the molecule is CC(C)NC(=O)CCCC(=O)N1C[C@@H](N(C)C)Cc2ccccc21. The summed E-state index contributed by atoms with van der Waals surface area (Å²) in [7, 11) is 4.11. The third-order valence-corrected chi connectivity index (χ3v) is 4.41. The maximum absolute atomic E-state index is 12.7. The molecule has 5 heteroatoms. The second-order valence-corrected chi connectivity index (χ2v) is 7.03. The van der Waals surface area contributed by atoms with Crippen molar-refractivity contribution in [3.05, 3.63) is 29.8 Å². The first-order valence-electron chi connectivity index (χ1n) is 8.72. The van der Waals surface area contributed by atoms with Crippen LogP contribution in [-0.4, -0.2) is 49.4 Å². The van der Waals surface area contributed by atoms with Crippen molar-refractivity contribution in [2.75, 3.05) is 25.5 Å². The predicted molar refractivity (Wildman–Crippen MR) is 97.1 cm³/mol. The maximum Gasteiger partial charge on any atom is 0.227 e. The molecular weight excluding hydrogens is 302 g/mol. The van der Waals surface area contributed by atoms with Gasteiger partial charge < -0.3 is 15.1 Å². The maximum atomic E-state index is 12.7. The number of carbonyl (C=O) groups is 2. The Hall–Kier alpha value is -1.88. The third-order valence-electron chi connectivity index (χ3n) is 4.41. The molecule has 0 bridgehead atoms. The Labute approximate surface area is 145 Å². The van der Waals surface area contributed by atoms with E-state index in [2.05, 4.69) is 30.4 Å². The van der Waals surface area contributed by atoms with Gasteiger partial charge in [0.1, 0.15) is 0 Å². The van der Waals surface area contributed by atoms with Gasteiger partial charge in [-0.2, -0.15) is 0 Å². The number of nitrogens with one attached hydrogen (secondary N) is 1. The van der Waals surface area contributed by atoms with E-state index in [1.807, 2.05) is 36.9 Å². The number of anilines is 1. The Morgan fingerprint density at radius 3 is 2.62 bits per heavy atom. The fourth-order valence-corrected chi connectivity index (χ4v) is 3.09. The molecule has 1 aromatic carbocycles. The van der Waals surface area contributed by atoms with Crippen molar-refractivity contribution >= 4 is 17.5 Å². The molecule has 0 saturated carbocycles. The Balaban J connectivity index is 1.99. The van der Waals surface area contributed by atoms with E-state index in [1.165, 1.54) is 5.56 Å². The largest absolute Gasteiger partial charge is 0.354 e. The minimum Gasteiger partial charge on any atom is -0.354 e. The molecule has 132 valence electrons. The minimum absolute atomic E-state index is 0.0167. The van der Waals surface area contributed by atoms with Crippen LogP contribution in [0.2, 0.25) is 0 Å². The van der Waals surface area contributed by atoms with Gasteiger partial charge in [-0.25, -0.2) is 0 Å². The Kier molecular flexibility index (Phi) is 6.37. The number of fused-ring (bicyclic) bond motifs is 1. The number of rotatable bonds is 6. The third kappa shape index (κ3) is 4.81. The molecule has 2 rings (SSSR count). The van der Waals surface area contributed by atoms with Gasteiger partial charge in [-0.05, 0) is 52.4 Å². The summed E-state index contributed by atoms with van der Waals surface area (Å²) in [6.07, 6.45) is 2.35. The molecule has 0 aromatic heterocycles. The van der Waals surface area contributed by atoms with E-state index in [0.717, 1.165) is 12.1 Å². The smallest absolute Gasteiger partial charge is 0.227 e. The highest BCUT2D eigenvalue weighted by molar-refractivity contribution is 5.95. The van der Waals surface area contributed by atoms with E-state index in [-0.39, 0.29) is 17.9 Å². The van der Waals surface area contributed by atoms with Gasteiger partial charge in [0.25, 0.3) is 0 Å². The zero-order chi connectivity index (χ0) is 17.7. The van der Waals surface area contributed by atoms with Gasteiger partial charge in [-0.1, -0.05) is 18.2 Å². The summed E-state index contributed by atoms with van der Waals surface area (Å²) in [4.78, 5) is 28.5. The van der Waals surface area contributed by atoms with Crippen LogP contribution in [0.25, 0.3) is 0 Å². The number of hydrogen-bond donors (Lipinski definition) is 1. The first-order chi connectivity index (χ1) is 11.4. The number of carbonyl (C=O) groups excluding carboxylic acids is 2. The first kappa shape index (κ1) is 18.5. The minimum atomic E-state index is 0.0167. The summed E-state index contributed by atoms with van der Waals surface area (Å²) in [5.74, 6) is 0.120. The average Bonchev–Trinajstić information content (AvgIpc) is 2.52. The molecule has 1 aliphatic heterocycles. The molecule has 0 aliphatic carbocycles. The fourth-order valence-electron chi connectivity index (χ4n) is 3.09. The Morgan fingerprint density at radius 2 is 1.96 bits per heavy atom. The van der Waals surface area contributed by atoms with E-state index in [1.54, 1.807) is 0 Å². The number of benzene rings is 1. The van der Waals surface area contributed by atoms with Crippen molar-refractivity contribution < 1.29 is 9.59 Å². The Morgan fingerprint density at radius 1 is 1.25 bits per heavy atom. The fraction of sp³-hybridized carbons (Fsp3) is 0.579. The zero-order valence-corrected chi connectivity index (χ0v) is 15.2. The van der Waals surface area contributed by atoms with Crippen LogP contribution in [0, 0.1) is 0 Å². The van der Waals surface area contributed by atoms with Gasteiger partial charge >= 0.3 is 0 Å². The normalized spacial score (nSPS) is 17.1. The zero-order valence-electron chi connectivity index (χ0n) is 15.2. The number of para-hydroxylation sites is 1. The number of likely N-dealkylation sites (N-methyl/N-ethyl adjacent to an activating group) is 1. The lowest BCUT2D eigenvalue weighted by atomic mass is 9.96. The molecule has 2 amide bonds. The number of hydrogen-bond acceptors (Lipinski definition) is 3. The van der Waals surface area contributed by atoms with Crippen molar-refractivity contribution in [3.8, 4) is 0 Å². The van der Waals surface area contributed by atoms with Crippen LogP contribution in [-0.2, 0) is 16.0 Å². The summed E-state index contributed by atoms with van der Waals surface area (Å²) < 4.78 is 0. The summed E-state index contributed by atoms with van der Waals surface area (Å²) in [6, 6.07) is 8.59. The van der Waals surface area contributed by atoms with Gasteiger partial charge in [0.15, 0.2) is 0 Å². The van der Waals surface area contributed by atoms with E-state index in [0.29, 0.717) is 31.8 Å². The molecule has 1 N–H and O–H groups in total. The molecule has 0 spiro atoms. The predicted octanol–water partition coefficient (Wildman–Crippen LogP) is 2.20. The highest BCUT2D eigenvalue weighted by atomic mass is 16.2. The van der Waals surface area contributed by atoms with Crippen LogP contribution in [0.4, 0.5) is 5.69 Å². The molecule has 1 heterocycles. The van der Waals surface area contributed by atoms with Crippen molar-refractivity contribution in [1.82, 2.24) is 10.2 Å². The Bertz CT molecular complexity index is 584. The lowest BCUT2D eigenvalue weighted by Crippen LogP contribution is -2.48. The molecular formula is C19H29N3O2. The monoisotopic (exact) mass is 331 g/mol. The molecule has 1 aromatic rings. The van der Waals surface area contributed by atoms with Crippen LogP contribution in [0.3, 0.4) is 0 Å². The van der Waals surface area contributed by atoms with Gasteiger partial charge in [-0.15, -0.1) is 0 Å². The van der Waals surface area contributed by atoms with Crippen molar-refractivity contribution in [2.24, 2.45) is 0 Å². The van der Waals surface area contributed by atoms with E-state index < -0.39 is 0 Å². The average molecular weight is 331 g/mol. The highest BCUT2D eigenvalue weighted by Crippen LogP contribution is 2.29. The van der Waals surface area contributed by atoms with Gasteiger partial charge in [-0.3, -0.25) is 9.59 Å². The van der Waals surface area contributed by atoms with Crippen molar-refractivity contribution in [1.29, 1.82) is 0 Å². The molecule has 0 unspecified atom stereocenters. The van der Waals surface area contributed by atoms with E-state index in [9.17, 15) is 9.59 Å². The number of amides is 2. The molecule has 1 aliphatic rings. The van der Waals surface area contributed by atoms with Crippen molar-refractivity contribution in [2.45, 2.75) is 51.6 Å². The first-order valence-corrected chi connectivity index (χ1v) is 8.72. The molecule has 1 atom stereocenters. The molecule has 5 nitrogen and oxygen atoms in total. The van der Waals surface area contributed by atoms with Crippen LogP contribution in [0.1, 0.15) is 38.7 Å². The van der Waals surface area contributed by atoms with E-state index >= 15 is 0 Å².